The Bertz CT molecular complexity index is 718. The molecule has 2 saturated heterocycles. The summed E-state index contributed by atoms with van der Waals surface area (Å²) >= 11 is 6.19. The highest BCUT2D eigenvalue weighted by molar-refractivity contribution is 6.35. The molecule has 0 spiro atoms. The molecule has 2 aromatic rings. The molecule has 2 bridgehead atoms. The van der Waals surface area contributed by atoms with Crippen LogP contribution in [0.1, 0.15) is 29.8 Å². The lowest BCUT2D eigenvalue weighted by molar-refractivity contribution is 0.0926. The summed E-state index contributed by atoms with van der Waals surface area (Å²) in [4.78, 5) is 16.6. The minimum Gasteiger partial charge on any atom is -0.346 e. The Kier molecular flexibility index (Phi) is 3.08. The van der Waals surface area contributed by atoms with Crippen LogP contribution >= 0.6 is 11.6 Å². The van der Waals surface area contributed by atoms with Gasteiger partial charge in [0.1, 0.15) is 5.69 Å². The monoisotopic (exact) mass is 301 g/mol. The second kappa shape index (κ2) is 4.97. The first kappa shape index (κ1) is 13.0. The second-order valence-corrected chi connectivity index (χ2v) is 6.30. The van der Waals surface area contributed by atoms with Gasteiger partial charge < -0.3 is 10.6 Å². The van der Waals surface area contributed by atoms with E-state index in [-0.39, 0.29) is 11.9 Å². The number of benzene rings is 1. The molecule has 4 rings (SSSR count). The first-order valence-electron chi connectivity index (χ1n) is 7.32. The highest BCUT2D eigenvalue weighted by atomic mass is 35.5. The summed E-state index contributed by atoms with van der Waals surface area (Å²) in [5, 5.41) is 9.08. The standard InChI is InChI=1S/C16H16ClN3O/c17-12-3-1-2-9-8-18-15(7-11(9)12)16(21)20-14-6-10-4-5-13(14)19-10/h1-3,7-8,10,13-14,19H,4-6H2,(H,20,21)/t10-,13+,14-/m1/s1. The summed E-state index contributed by atoms with van der Waals surface area (Å²) in [7, 11) is 0. The number of pyridine rings is 1. The van der Waals surface area contributed by atoms with Crippen molar-refractivity contribution < 1.29 is 4.79 Å². The van der Waals surface area contributed by atoms with Crippen molar-refractivity contribution in [2.75, 3.05) is 0 Å². The predicted molar refractivity (Wildman–Crippen MR) is 82.6 cm³/mol. The maximum atomic E-state index is 12.4. The molecule has 4 nitrogen and oxygen atoms in total. The van der Waals surface area contributed by atoms with Crippen LogP contribution in [0.5, 0.6) is 0 Å². The summed E-state index contributed by atoms with van der Waals surface area (Å²) in [5.41, 5.74) is 0.429. The summed E-state index contributed by atoms with van der Waals surface area (Å²) in [6.45, 7) is 0. The predicted octanol–water partition coefficient (Wildman–Crippen LogP) is 2.51. The molecule has 2 aliphatic heterocycles. The molecule has 0 aliphatic carbocycles. The van der Waals surface area contributed by atoms with Crippen molar-refractivity contribution >= 4 is 28.3 Å². The molecule has 2 aliphatic rings. The van der Waals surface area contributed by atoms with Crippen molar-refractivity contribution in [2.24, 2.45) is 0 Å². The van der Waals surface area contributed by atoms with Crippen molar-refractivity contribution in [1.29, 1.82) is 0 Å². The van der Waals surface area contributed by atoms with Crippen molar-refractivity contribution in [3.63, 3.8) is 0 Å². The van der Waals surface area contributed by atoms with E-state index < -0.39 is 0 Å². The Balaban J connectivity index is 1.58. The van der Waals surface area contributed by atoms with Crippen LogP contribution in [0.3, 0.4) is 0 Å². The molecule has 5 heteroatoms. The number of aromatic nitrogens is 1. The third kappa shape index (κ3) is 2.28. The molecule has 1 amide bonds. The van der Waals surface area contributed by atoms with Crippen molar-refractivity contribution in [3.8, 4) is 0 Å². The number of hydrogen-bond donors (Lipinski definition) is 2. The van der Waals surface area contributed by atoms with Crippen LogP contribution in [0.2, 0.25) is 5.02 Å². The Morgan fingerprint density at radius 2 is 2.29 bits per heavy atom. The van der Waals surface area contributed by atoms with Gasteiger partial charge in [-0.1, -0.05) is 23.7 Å². The molecule has 108 valence electrons. The fourth-order valence-electron chi connectivity index (χ4n) is 3.48. The topological polar surface area (TPSA) is 54.0 Å². The van der Waals surface area contributed by atoms with Crippen LogP contribution in [-0.4, -0.2) is 29.0 Å². The Labute approximate surface area is 127 Å². The van der Waals surface area contributed by atoms with E-state index in [0.717, 1.165) is 23.6 Å². The third-order valence-electron chi connectivity index (χ3n) is 4.56. The van der Waals surface area contributed by atoms with Crippen LogP contribution in [0.15, 0.2) is 30.5 Å². The fourth-order valence-corrected chi connectivity index (χ4v) is 3.72. The number of nitrogens with zero attached hydrogens (tertiary/aromatic N) is 1. The number of halogens is 1. The number of hydrogen-bond acceptors (Lipinski definition) is 3. The number of amides is 1. The molecule has 0 radical (unpaired) electrons. The van der Waals surface area contributed by atoms with Gasteiger partial charge in [0.25, 0.3) is 5.91 Å². The number of nitrogens with one attached hydrogen (secondary N) is 2. The number of carbonyl (C=O) groups excluding carboxylic acids is 1. The molecule has 0 saturated carbocycles. The summed E-state index contributed by atoms with van der Waals surface area (Å²) < 4.78 is 0. The fraction of sp³-hybridized carbons (Fsp3) is 0.375. The molecule has 2 N–H and O–H groups in total. The lowest BCUT2D eigenvalue weighted by Gasteiger charge is -2.21. The lowest BCUT2D eigenvalue weighted by Crippen LogP contribution is -2.43. The zero-order chi connectivity index (χ0) is 14.4. The van der Waals surface area contributed by atoms with E-state index in [1.54, 1.807) is 12.3 Å². The van der Waals surface area contributed by atoms with Crippen molar-refractivity contribution in [1.82, 2.24) is 15.6 Å². The zero-order valence-corrected chi connectivity index (χ0v) is 12.2. The van der Waals surface area contributed by atoms with E-state index in [1.165, 1.54) is 6.42 Å². The molecule has 3 heterocycles. The SMILES string of the molecule is O=C(N[C@@H]1C[C@H]2CC[C@@H]1N2)c1cc2c(Cl)cccc2cn1. The minimum absolute atomic E-state index is 0.115. The van der Waals surface area contributed by atoms with E-state index in [9.17, 15) is 4.79 Å². The number of carbonyl (C=O) groups is 1. The first-order chi connectivity index (χ1) is 10.2. The zero-order valence-electron chi connectivity index (χ0n) is 11.5. The van der Waals surface area contributed by atoms with E-state index in [1.807, 2.05) is 18.2 Å². The van der Waals surface area contributed by atoms with E-state index in [2.05, 4.69) is 15.6 Å². The molecular weight excluding hydrogens is 286 g/mol. The van der Waals surface area contributed by atoms with Gasteiger partial charge >= 0.3 is 0 Å². The maximum Gasteiger partial charge on any atom is 0.270 e. The summed E-state index contributed by atoms with van der Waals surface area (Å²) in [5.74, 6) is -0.115. The highest BCUT2D eigenvalue weighted by Gasteiger charge is 2.39. The molecule has 1 aromatic heterocycles. The van der Waals surface area contributed by atoms with Gasteiger partial charge in [-0.25, -0.2) is 0 Å². The van der Waals surface area contributed by atoms with Crippen LogP contribution in [-0.2, 0) is 0 Å². The van der Waals surface area contributed by atoms with Gasteiger partial charge in [0.15, 0.2) is 0 Å². The molecular formula is C16H16ClN3O. The Morgan fingerprint density at radius 1 is 1.38 bits per heavy atom. The lowest BCUT2D eigenvalue weighted by atomic mass is 9.95. The van der Waals surface area contributed by atoms with Gasteiger partial charge in [0.05, 0.1) is 0 Å². The average molecular weight is 302 g/mol. The van der Waals surface area contributed by atoms with Crippen LogP contribution in [0.25, 0.3) is 10.8 Å². The Morgan fingerprint density at radius 3 is 3.05 bits per heavy atom. The van der Waals surface area contributed by atoms with Gasteiger partial charge in [-0.3, -0.25) is 9.78 Å². The normalized spacial score (nSPS) is 27.2. The first-order valence-corrected chi connectivity index (χ1v) is 7.70. The van der Waals surface area contributed by atoms with Crippen molar-refractivity contribution in [2.45, 2.75) is 37.4 Å². The number of rotatable bonds is 2. The number of fused-ring (bicyclic) bond motifs is 3. The summed E-state index contributed by atoms with van der Waals surface area (Å²) in [6.07, 6.45) is 5.09. The molecule has 21 heavy (non-hydrogen) atoms. The van der Waals surface area contributed by atoms with E-state index >= 15 is 0 Å². The van der Waals surface area contributed by atoms with Gasteiger partial charge in [-0.15, -0.1) is 0 Å². The largest absolute Gasteiger partial charge is 0.346 e. The smallest absolute Gasteiger partial charge is 0.270 e. The average Bonchev–Trinajstić information content (AvgIpc) is 3.10. The van der Waals surface area contributed by atoms with Crippen LogP contribution in [0.4, 0.5) is 0 Å². The second-order valence-electron chi connectivity index (χ2n) is 5.89. The van der Waals surface area contributed by atoms with E-state index in [0.29, 0.717) is 22.8 Å². The molecule has 0 unspecified atom stereocenters. The van der Waals surface area contributed by atoms with Gasteiger partial charge in [0.2, 0.25) is 0 Å². The van der Waals surface area contributed by atoms with E-state index in [4.69, 9.17) is 11.6 Å². The summed E-state index contributed by atoms with van der Waals surface area (Å²) in [6, 6.07) is 8.63. The van der Waals surface area contributed by atoms with Gasteiger partial charge in [-0.05, 0) is 31.4 Å². The molecule has 3 atom stereocenters. The minimum atomic E-state index is -0.115. The third-order valence-corrected chi connectivity index (χ3v) is 4.89. The molecule has 2 fully saturated rings. The van der Waals surface area contributed by atoms with Gasteiger partial charge in [0, 0.05) is 40.1 Å². The molecule has 1 aromatic carbocycles. The van der Waals surface area contributed by atoms with Crippen LogP contribution < -0.4 is 10.6 Å². The Hall–Kier alpha value is -1.65. The van der Waals surface area contributed by atoms with Gasteiger partial charge in [-0.2, -0.15) is 0 Å². The highest BCUT2D eigenvalue weighted by Crippen LogP contribution is 2.28. The quantitative estimate of drug-likeness (QED) is 0.896. The maximum absolute atomic E-state index is 12.4. The van der Waals surface area contributed by atoms with Crippen molar-refractivity contribution in [3.05, 3.63) is 41.2 Å². The van der Waals surface area contributed by atoms with Crippen LogP contribution in [0, 0.1) is 0 Å².